The van der Waals surface area contributed by atoms with Crippen LogP contribution in [0, 0.1) is 38.6 Å². The summed E-state index contributed by atoms with van der Waals surface area (Å²) in [5.74, 6) is -4.37. The first-order chi connectivity index (χ1) is 2.64. The summed E-state index contributed by atoms with van der Waals surface area (Å²) >= 11 is 0. The minimum atomic E-state index is -2.19. The Morgan fingerprint density at radius 1 is 1.00 bits per heavy atom. The molecule has 0 fully saturated rings. The Labute approximate surface area is 70.0 Å². The van der Waals surface area contributed by atoms with Crippen LogP contribution < -0.4 is 10.2 Å². The maximum Gasteiger partial charge on any atom is 3.00 e. The number of carbonyl (C=O) groups excluding carboxylic acids is 2. The minimum absolute atomic E-state index is 0. The van der Waals surface area contributed by atoms with E-state index in [-0.39, 0.29) is 38.6 Å². The zero-order valence-corrected chi connectivity index (χ0v) is 5.11. The number of carboxylic acid groups (broad SMARTS) is 2. The van der Waals surface area contributed by atoms with Gasteiger partial charge in [0.15, 0.2) is 0 Å². The van der Waals surface area contributed by atoms with Gasteiger partial charge in [0.25, 0.3) is 0 Å². The molecule has 0 aliphatic carbocycles. The van der Waals surface area contributed by atoms with E-state index in [2.05, 4.69) is 0 Å². The summed E-state index contributed by atoms with van der Waals surface area (Å²) in [4.78, 5) is 17.9. The molecule has 0 aromatic heterocycles. The van der Waals surface area contributed by atoms with Crippen LogP contribution in [0.25, 0.3) is 0 Å². The molecule has 0 N–H and O–H groups in total. The first kappa shape index (κ1) is 10.3. The Kier molecular flexibility index (Phi) is 6.43. The fourth-order valence-electron chi connectivity index (χ4n) is 0. The van der Waals surface area contributed by atoms with Crippen molar-refractivity contribution in [1.82, 2.24) is 0 Å². The normalized spacial score (nSPS) is 6.29. The van der Waals surface area contributed by atoms with Crippen molar-refractivity contribution < 1.29 is 58.4 Å². The van der Waals surface area contributed by atoms with Crippen molar-refractivity contribution in [2.45, 2.75) is 0 Å². The van der Waals surface area contributed by atoms with Crippen LogP contribution in [-0.2, 0) is 9.59 Å². The summed E-state index contributed by atoms with van der Waals surface area (Å²) in [7, 11) is 0. The third-order valence-corrected chi connectivity index (χ3v) is 0.167. The Balaban J connectivity index is 0. The Morgan fingerprint density at radius 3 is 1.14 bits per heavy atom. The average Bonchev–Trinajstić information content (AvgIpc) is 1.36. The molecule has 0 aromatic carbocycles. The van der Waals surface area contributed by atoms with Gasteiger partial charge in [0, 0.05) is 0 Å². The molecule has 5 heteroatoms. The number of hydrogen-bond donors (Lipinski definition) is 0. The van der Waals surface area contributed by atoms with Crippen LogP contribution in [-0.4, -0.2) is 11.9 Å². The standard InChI is InChI=1S/C2H2O4.Tb/c3-1(4)2(5)6;/h(H,3,4)(H,5,6);/q;+3/p-2. The quantitative estimate of drug-likeness (QED) is 0.416. The number of carbonyl (C=O) groups is 2. The van der Waals surface area contributed by atoms with Crippen molar-refractivity contribution in [3.63, 3.8) is 0 Å². The maximum absolute atomic E-state index is 8.93. The van der Waals surface area contributed by atoms with Gasteiger partial charge in [-0.05, 0) is 0 Å². The smallest absolute Gasteiger partial charge is 0.543 e. The van der Waals surface area contributed by atoms with E-state index < -0.39 is 11.9 Å². The SMILES string of the molecule is O=C([O-])C(=O)[O-].[Tb+3]. The van der Waals surface area contributed by atoms with Crippen molar-refractivity contribution in [3.8, 4) is 0 Å². The third kappa shape index (κ3) is 6.23. The van der Waals surface area contributed by atoms with Crippen molar-refractivity contribution in [2.75, 3.05) is 0 Å². The molecule has 0 bridgehead atoms. The van der Waals surface area contributed by atoms with E-state index in [0.29, 0.717) is 0 Å². The predicted molar refractivity (Wildman–Crippen MR) is 10.0 cm³/mol. The molecule has 0 saturated heterocycles. The molecule has 0 aliphatic heterocycles. The fraction of sp³-hybridized carbons (Fsp3) is 0. The van der Waals surface area contributed by atoms with Crippen LogP contribution in [0.2, 0.25) is 0 Å². The summed E-state index contributed by atoms with van der Waals surface area (Å²) in [6.45, 7) is 0. The van der Waals surface area contributed by atoms with E-state index >= 15 is 0 Å². The second-order valence-corrected chi connectivity index (χ2v) is 0.575. The molecule has 0 amide bonds. The van der Waals surface area contributed by atoms with Crippen LogP contribution in [0.15, 0.2) is 0 Å². The summed E-state index contributed by atoms with van der Waals surface area (Å²) in [5.41, 5.74) is 0. The number of carboxylic acids is 2. The predicted octanol–water partition coefficient (Wildman–Crippen LogP) is -3.51. The number of rotatable bonds is 0. The fourth-order valence-corrected chi connectivity index (χ4v) is 0. The van der Waals surface area contributed by atoms with E-state index in [1.807, 2.05) is 0 Å². The topological polar surface area (TPSA) is 80.3 Å². The van der Waals surface area contributed by atoms with Crippen molar-refractivity contribution in [2.24, 2.45) is 0 Å². The van der Waals surface area contributed by atoms with E-state index in [0.717, 1.165) is 0 Å². The minimum Gasteiger partial charge on any atom is -0.543 e. The molecule has 0 atom stereocenters. The summed E-state index contributed by atoms with van der Waals surface area (Å²) in [6.07, 6.45) is 0. The van der Waals surface area contributed by atoms with Crippen molar-refractivity contribution >= 4 is 11.9 Å². The van der Waals surface area contributed by atoms with Gasteiger partial charge in [0.2, 0.25) is 0 Å². The Hall–Kier alpha value is 0.226. The Bertz CT molecular complexity index is 75.7. The first-order valence-electron chi connectivity index (χ1n) is 1.07. The molecule has 0 spiro atoms. The van der Waals surface area contributed by atoms with Gasteiger partial charge < -0.3 is 19.8 Å². The van der Waals surface area contributed by atoms with E-state index in [1.165, 1.54) is 0 Å². The molecule has 0 radical (unpaired) electrons. The number of aliphatic carboxylic acids is 2. The van der Waals surface area contributed by atoms with Gasteiger partial charge in [-0.25, -0.2) is 0 Å². The van der Waals surface area contributed by atoms with Crippen LogP contribution >= 0.6 is 0 Å². The van der Waals surface area contributed by atoms with Crippen LogP contribution in [0.1, 0.15) is 0 Å². The zero-order chi connectivity index (χ0) is 5.15. The van der Waals surface area contributed by atoms with Crippen LogP contribution in [0.5, 0.6) is 0 Å². The van der Waals surface area contributed by atoms with E-state index in [9.17, 15) is 0 Å². The maximum atomic E-state index is 8.93. The second-order valence-electron chi connectivity index (χ2n) is 0.575. The van der Waals surface area contributed by atoms with Crippen LogP contribution in [0.4, 0.5) is 0 Å². The molecule has 0 rings (SSSR count). The van der Waals surface area contributed by atoms with Crippen molar-refractivity contribution in [1.29, 1.82) is 0 Å². The molecule has 0 aromatic rings. The van der Waals surface area contributed by atoms with Gasteiger partial charge in [-0.1, -0.05) is 0 Å². The molecule has 4 nitrogen and oxygen atoms in total. The van der Waals surface area contributed by atoms with E-state index in [4.69, 9.17) is 19.8 Å². The summed E-state index contributed by atoms with van der Waals surface area (Å²) in [5, 5.41) is 17.9. The zero-order valence-electron chi connectivity index (χ0n) is 2.97. The first-order valence-corrected chi connectivity index (χ1v) is 1.07. The van der Waals surface area contributed by atoms with Crippen molar-refractivity contribution in [3.05, 3.63) is 0 Å². The molecule has 40 valence electrons. The van der Waals surface area contributed by atoms with Gasteiger partial charge in [-0.15, -0.1) is 0 Å². The van der Waals surface area contributed by atoms with E-state index in [1.54, 1.807) is 0 Å². The third-order valence-electron chi connectivity index (χ3n) is 0.167. The molecule has 0 saturated carbocycles. The molecular formula is C2O4Tb+. The average molecular weight is 247 g/mol. The summed E-state index contributed by atoms with van der Waals surface area (Å²) in [6, 6.07) is 0. The summed E-state index contributed by atoms with van der Waals surface area (Å²) < 4.78 is 0. The van der Waals surface area contributed by atoms with Gasteiger partial charge in [-0.2, -0.15) is 0 Å². The number of hydrogen-bond acceptors (Lipinski definition) is 4. The largest absolute Gasteiger partial charge is 3.00 e. The molecular weight excluding hydrogens is 247 g/mol. The Morgan fingerprint density at radius 2 is 1.14 bits per heavy atom. The van der Waals surface area contributed by atoms with Gasteiger partial charge in [0.1, 0.15) is 0 Å². The van der Waals surface area contributed by atoms with Gasteiger partial charge in [0.05, 0.1) is 11.9 Å². The van der Waals surface area contributed by atoms with Gasteiger partial charge >= 0.3 is 38.6 Å². The second kappa shape index (κ2) is 4.39. The molecule has 0 heterocycles. The molecule has 0 aliphatic rings. The van der Waals surface area contributed by atoms with Gasteiger partial charge in [-0.3, -0.25) is 0 Å². The molecule has 0 unspecified atom stereocenters. The van der Waals surface area contributed by atoms with Crippen LogP contribution in [0.3, 0.4) is 0 Å². The molecule has 7 heavy (non-hydrogen) atoms. The monoisotopic (exact) mass is 247 g/mol.